The lowest BCUT2D eigenvalue weighted by molar-refractivity contribution is 0.388. The van der Waals surface area contributed by atoms with Crippen molar-refractivity contribution in [3.63, 3.8) is 0 Å². The van der Waals surface area contributed by atoms with Gasteiger partial charge >= 0.3 is 7.28 Å². The first-order valence-corrected chi connectivity index (χ1v) is 10.6. The molecule has 0 aromatic heterocycles. The van der Waals surface area contributed by atoms with Crippen LogP contribution in [0.1, 0.15) is 6.42 Å². The van der Waals surface area contributed by atoms with Gasteiger partial charge in [0, 0.05) is 6.66 Å². The van der Waals surface area contributed by atoms with E-state index in [2.05, 4.69) is 5.66 Å². The fourth-order valence-corrected chi connectivity index (χ4v) is 10.3. The number of rotatable bonds is 5. The summed E-state index contributed by atoms with van der Waals surface area (Å²) in [4.78, 5) is 28.0. The fraction of sp³-hybridized carbons (Fsp3) is 0.667. The summed E-state index contributed by atoms with van der Waals surface area (Å²) in [6.07, 6.45) is 5.52. The molecule has 0 aromatic rings. The Hall–Kier alpha value is 0.490. The molecule has 5 nitrogen and oxygen atoms in total. The van der Waals surface area contributed by atoms with Crippen molar-refractivity contribution in [1.82, 2.24) is 0 Å². The third kappa shape index (κ3) is 3.26. The van der Waals surface area contributed by atoms with Gasteiger partial charge in [0.2, 0.25) is 0 Å². The Morgan fingerprint density at radius 2 is 2.14 bits per heavy atom. The van der Waals surface area contributed by atoms with Crippen molar-refractivity contribution in [2.24, 2.45) is 5.73 Å². The van der Waals surface area contributed by atoms with E-state index < -0.39 is 21.8 Å². The molecule has 0 rings (SSSR count). The summed E-state index contributed by atoms with van der Waals surface area (Å²) in [5.41, 5.74) is 7.48. The molecule has 82 valence electrons. The van der Waals surface area contributed by atoms with Crippen LogP contribution >= 0.6 is 21.8 Å². The maximum Gasteiger partial charge on any atom is 0.496 e. The highest BCUT2D eigenvalue weighted by Crippen LogP contribution is 2.98. The van der Waals surface area contributed by atoms with Crippen LogP contribution in [0.2, 0.25) is 0 Å². The Labute approximate surface area is 85.2 Å². The monoisotopic (exact) mass is 258 g/mol. The van der Waals surface area contributed by atoms with Crippen LogP contribution in [0.25, 0.3) is 0 Å². The predicted octanol–water partition coefficient (Wildman–Crippen LogP) is 0.970. The average molecular weight is 258 g/mol. The molecule has 2 unspecified atom stereocenters. The Morgan fingerprint density at radius 3 is 2.43 bits per heavy atom. The lowest BCUT2D eigenvalue weighted by Crippen LogP contribution is -2.05. The van der Waals surface area contributed by atoms with E-state index in [1.807, 2.05) is 0 Å². The minimum atomic E-state index is -4.49. The predicted molar refractivity (Wildman–Crippen MR) is 61.4 cm³/mol. The maximum absolute atomic E-state index is 11.1. The van der Waals surface area contributed by atoms with E-state index in [-0.39, 0.29) is 12.7 Å². The molecule has 0 radical (unpaired) electrons. The summed E-state index contributed by atoms with van der Waals surface area (Å²) in [6, 6.07) is 0. The first-order valence-electron chi connectivity index (χ1n) is 3.87. The Balaban J connectivity index is 4.88. The molecule has 0 aliphatic heterocycles. The van der Waals surface area contributed by atoms with Crippen LogP contribution in [0.3, 0.4) is 0 Å². The smallest absolute Gasteiger partial charge is 0.330 e. The van der Waals surface area contributed by atoms with Gasteiger partial charge in [-0.05, 0) is 18.6 Å². The SMILES string of the molecule is C#CP(C)[P+](O)(CCCN)P(=O)(O)O. The van der Waals surface area contributed by atoms with Crippen LogP contribution in [0.15, 0.2) is 0 Å². The van der Waals surface area contributed by atoms with Crippen molar-refractivity contribution in [3.8, 4) is 12.1 Å². The third-order valence-corrected chi connectivity index (χ3v) is 16.3. The van der Waals surface area contributed by atoms with E-state index >= 15 is 0 Å². The van der Waals surface area contributed by atoms with Crippen molar-refractivity contribution >= 4 is 21.8 Å². The van der Waals surface area contributed by atoms with Crippen molar-refractivity contribution in [1.29, 1.82) is 0 Å². The normalized spacial score (nSPS) is 18.3. The van der Waals surface area contributed by atoms with E-state index in [4.69, 9.17) is 21.9 Å². The van der Waals surface area contributed by atoms with E-state index in [0.29, 0.717) is 6.42 Å². The molecule has 14 heavy (non-hydrogen) atoms. The Morgan fingerprint density at radius 1 is 1.64 bits per heavy atom. The topological polar surface area (TPSA) is 104 Å². The van der Waals surface area contributed by atoms with Gasteiger partial charge in [0.1, 0.15) is 0 Å². The van der Waals surface area contributed by atoms with Crippen LogP contribution in [0, 0.1) is 12.1 Å². The minimum absolute atomic E-state index is 0.0418. The Kier molecular flexibility index (Phi) is 5.73. The minimum Gasteiger partial charge on any atom is -0.330 e. The van der Waals surface area contributed by atoms with E-state index in [1.54, 1.807) is 0 Å². The number of terminal acetylenes is 1. The third-order valence-electron chi connectivity index (χ3n) is 1.75. The second-order valence-corrected chi connectivity index (χ2v) is 15.2. The maximum atomic E-state index is 11.1. The van der Waals surface area contributed by atoms with Crippen molar-refractivity contribution in [3.05, 3.63) is 0 Å². The largest absolute Gasteiger partial charge is 0.496 e. The van der Waals surface area contributed by atoms with Gasteiger partial charge in [-0.3, -0.25) is 9.79 Å². The summed E-state index contributed by atoms with van der Waals surface area (Å²) in [5, 5.41) is 0. The molecular weight excluding hydrogens is 243 g/mol. The van der Waals surface area contributed by atoms with E-state index in [1.165, 1.54) is 6.66 Å². The molecule has 0 spiro atoms. The molecule has 0 aliphatic rings. The first-order chi connectivity index (χ1) is 6.29. The summed E-state index contributed by atoms with van der Waals surface area (Å²) in [5.74, 6) is 0. The summed E-state index contributed by atoms with van der Waals surface area (Å²) in [6.45, 7) is -1.55. The quantitative estimate of drug-likeness (QED) is 0.434. The zero-order valence-electron chi connectivity index (χ0n) is 7.87. The van der Waals surface area contributed by atoms with Crippen LogP contribution < -0.4 is 5.73 Å². The standard InChI is InChI=1S/C6H14NO4P3/c1-3-12(2)13(8,6-4-5-7)14(9,10)11/h1,8H,4-7H2,2H3,(H-,9,10,11)/p+1. The lowest BCUT2D eigenvalue weighted by Gasteiger charge is -2.21. The molecule has 0 fully saturated rings. The second-order valence-electron chi connectivity index (χ2n) is 2.72. The van der Waals surface area contributed by atoms with Gasteiger partial charge < -0.3 is 5.73 Å². The highest BCUT2D eigenvalue weighted by atomic mass is 32.5. The van der Waals surface area contributed by atoms with E-state index in [0.717, 1.165) is 0 Å². The molecule has 2 atom stereocenters. The molecule has 8 heteroatoms. The zero-order chi connectivity index (χ0) is 11.4. The van der Waals surface area contributed by atoms with Gasteiger partial charge in [0.15, 0.2) is 7.61 Å². The van der Waals surface area contributed by atoms with Crippen molar-refractivity contribution in [2.45, 2.75) is 6.42 Å². The zero-order valence-corrected chi connectivity index (χ0v) is 10.6. The lowest BCUT2D eigenvalue weighted by atomic mass is 10.5. The number of hydrogen-bond donors (Lipinski definition) is 4. The van der Waals surface area contributed by atoms with Gasteiger partial charge in [-0.25, -0.2) is 9.46 Å². The fourth-order valence-electron chi connectivity index (χ4n) is 0.851. The van der Waals surface area contributed by atoms with Gasteiger partial charge in [-0.15, -0.1) is 6.42 Å². The van der Waals surface area contributed by atoms with Gasteiger partial charge in [0.25, 0.3) is 6.87 Å². The van der Waals surface area contributed by atoms with Gasteiger partial charge in [-0.1, -0.05) is 0 Å². The van der Waals surface area contributed by atoms with E-state index in [9.17, 15) is 9.46 Å². The average Bonchev–Trinajstić information content (AvgIpc) is 2.10. The highest BCUT2D eigenvalue weighted by Gasteiger charge is 2.58. The van der Waals surface area contributed by atoms with Crippen molar-refractivity contribution in [2.75, 3.05) is 19.4 Å². The molecule has 0 saturated carbocycles. The summed E-state index contributed by atoms with van der Waals surface area (Å²) >= 11 is 0. The van der Waals surface area contributed by atoms with Gasteiger partial charge in [-0.2, -0.15) is 0 Å². The summed E-state index contributed by atoms with van der Waals surface area (Å²) in [7, 11) is -5.94. The molecule has 0 saturated heterocycles. The molecular formula is C6H15NO4P3+. The molecule has 0 amide bonds. The summed E-state index contributed by atoms with van der Waals surface area (Å²) < 4.78 is 11.1. The van der Waals surface area contributed by atoms with Crippen LogP contribution in [-0.2, 0) is 4.57 Å². The van der Waals surface area contributed by atoms with Crippen molar-refractivity contribution < 1.29 is 19.2 Å². The second kappa shape index (κ2) is 5.54. The number of nitrogens with two attached hydrogens (primary N) is 1. The van der Waals surface area contributed by atoms with Crippen LogP contribution in [0.4, 0.5) is 0 Å². The Bertz CT molecular complexity index is 273. The molecule has 0 aliphatic carbocycles. The molecule has 5 N–H and O–H groups in total. The molecule has 0 bridgehead atoms. The number of hydrogen-bond acceptors (Lipinski definition) is 3. The van der Waals surface area contributed by atoms with Gasteiger partial charge in [0.05, 0.1) is 6.16 Å². The van der Waals surface area contributed by atoms with Crippen LogP contribution in [0.5, 0.6) is 0 Å². The molecule has 0 aromatic carbocycles. The van der Waals surface area contributed by atoms with Crippen LogP contribution in [-0.4, -0.2) is 34.1 Å². The first kappa shape index (κ1) is 14.5. The molecule has 0 heterocycles. The highest BCUT2D eigenvalue weighted by molar-refractivity contribution is 8.66.